The second kappa shape index (κ2) is 6.97. The number of carbonyl (C=O) groups excluding carboxylic acids is 1. The minimum atomic E-state index is -3.60. The highest BCUT2D eigenvalue weighted by Crippen LogP contribution is 2.24. The van der Waals surface area contributed by atoms with Crippen molar-refractivity contribution in [2.75, 3.05) is 18.4 Å². The highest BCUT2D eigenvalue weighted by Gasteiger charge is 2.29. The molecule has 0 bridgehead atoms. The van der Waals surface area contributed by atoms with E-state index in [1.165, 1.54) is 16.4 Å². The highest BCUT2D eigenvalue weighted by atomic mass is 32.2. The van der Waals surface area contributed by atoms with E-state index in [2.05, 4.69) is 10.5 Å². The molecular formula is C17H21N3O4S. The highest BCUT2D eigenvalue weighted by molar-refractivity contribution is 7.89. The Morgan fingerprint density at radius 2 is 2.16 bits per heavy atom. The molecule has 1 N–H and O–H groups in total. The first-order chi connectivity index (χ1) is 11.9. The van der Waals surface area contributed by atoms with Crippen LogP contribution in [0.2, 0.25) is 0 Å². The van der Waals surface area contributed by atoms with Crippen molar-refractivity contribution < 1.29 is 17.7 Å². The minimum absolute atomic E-state index is 0.130. The van der Waals surface area contributed by atoms with Gasteiger partial charge in [-0.3, -0.25) is 4.79 Å². The molecule has 0 spiro atoms. The van der Waals surface area contributed by atoms with E-state index in [0.29, 0.717) is 30.6 Å². The number of rotatable bonds is 4. The van der Waals surface area contributed by atoms with Gasteiger partial charge in [-0.25, -0.2) is 8.42 Å². The van der Waals surface area contributed by atoms with Crippen LogP contribution in [0.25, 0.3) is 0 Å². The third-order valence-corrected chi connectivity index (χ3v) is 6.08. The number of hydrogen-bond donors (Lipinski definition) is 1. The van der Waals surface area contributed by atoms with Crippen molar-refractivity contribution in [3.05, 3.63) is 41.7 Å². The first-order valence-electron chi connectivity index (χ1n) is 8.21. The molecule has 1 unspecified atom stereocenters. The fourth-order valence-electron chi connectivity index (χ4n) is 2.93. The summed E-state index contributed by atoms with van der Waals surface area (Å²) in [4.78, 5) is 12.5. The number of anilines is 1. The summed E-state index contributed by atoms with van der Waals surface area (Å²) in [6.07, 6.45) is 1.89. The van der Waals surface area contributed by atoms with Crippen LogP contribution in [0, 0.1) is 12.8 Å². The number of piperidine rings is 1. The van der Waals surface area contributed by atoms with Crippen molar-refractivity contribution in [3.63, 3.8) is 0 Å². The van der Waals surface area contributed by atoms with Crippen molar-refractivity contribution >= 4 is 21.7 Å². The van der Waals surface area contributed by atoms with Gasteiger partial charge in [0, 0.05) is 24.7 Å². The molecule has 1 saturated heterocycles. The lowest BCUT2D eigenvalue weighted by atomic mass is 10.0. The van der Waals surface area contributed by atoms with Gasteiger partial charge in [-0.2, -0.15) is 4.31 Å². The Bertz CT molecular complexity index is 876. The summed E-state index contributed by atoms with van der Waals surface area (Å²) < 4.78 is 32.1. The lowest BCUT2D eigenvalue weighted by Gasteiger charge is -2.30. The molecule has 0 saturated carbocycles. The second-order valence-corrected chi connectivity index (χ2v) is 8.35. The van der Waals surface area contributed by atoms with E-state index in [0.717, 1.165) is 12.8 Å². The number of aromatic nitrogens is 1. The zero-order chi connectivity index (χ0) is 18.0. The van der Waals surface area contributed by atoms with Crippen molar-refractivity contribution in [1.82, 2.24) is 9.46 Å². The SMILES string of the molecule is Cc1cc(NC(=O)c2cccc(S(=O)(=O)N3CCCC(C)C3)c2)no1. The maximum atomic E-state index is 12.8. The molecule has 0 aliphatic carbocycles. The van der Waals surface area contributed by atoms with Gasteiger partial charge in [-0.1, -0.05) is 18.1 Å². The molecule has 1 amide bonds. The largest absolute Gasteiger partial charge is 0.360 e. The Morgan fingerprint density at radius 1 is 1.36 bits per heavy atom. The Labute approximate surface area is 147 Å². The van der Waals surface area contributed by atoms with E-state index in [9.17, 15) is 13.2 Å². The summed E-state index contributed by atoms with van der Waals surface area (Å²) in [5.74, 6) is 0.772. The number of nitrogens with one attached hydrogen (secondary N) is 1. The Kier molecular flexibility index (Phi) is 4.91. The molecule has 7 nitrogen and oxygen atoms in total. The van der Waals surface area contributed by atoms with Gasteiger partial charge in [0.1, 0.15) is 5.76 Å². The van der Waals surface area contributed by atoms with E-state index in [-0.39, 0.29) is 10.5 Å². The van der Waals surface area contributed by atoms with Crippen LogP contribution in [0.15, 0.2) is 39.8 Å². The van der Waals surface area contributed by atoms with Gasteiger partial charge in [0.25, 0.3) is 5.91 Å². The number of benzene rings is 1. The van der Waals surface area contributed by atoms with Crippen molar-refractivity contribution in [3.8, 4) is 0 Å². The van der Waals surface area contributed by atoms with Crippen LogP contribution in [0.5, 0.6) is 0 Å². The summed E-state index contributed by atoms with van der Waals surface area (Å²) in [6.45, 7) is 4.79. The van der Waals surface area contributed by atoms with Gasteiger partial charge in [0.05, 0.1) is 4.90 Å². The zero-order valence-electron chi connectivity index (χ0n) is 14.2. The second-order valence-electron chi connectivity index (χ2n) is 6.42. The standard InChI is InChI=1S/C17H21N3O4S/c1-12-5-4-8-20(11-12)25(22,23)15-7-3-6-14(10-15)17(21)18-16-9-13(2)24-19-16/h3,6-7,9-10,12H,4-5,8,11H2,1-2H3,(H,18,19,21). The predicted octanol–water partition coefficient (Wildman–Crippen LogP) is 2.66. The zero-order valence-corrected chi connectivity index (χ0v) is 15.0. The van der Waals surface area contributed by atoms with E-state index in [4.69, 9.17) is 4.52 Å². The Morgan fingerprint density at radius 3 is 2.84 bits per heavy atom. The smallest absolute Gasteiger partial charge is 0.256 e. The summed E-state index contributed by atoms with van der Waals surface area (Å²) in [6, 6.07) is 7.65. The average Bonchev–Trinajstić information content (AvgIpc) is 3.00. The summed E-state index contributed by atoms with van der Waals surface area (Å²) >= 11 is 0. The molecule has 1 aliphatic rings. The molecule has 1 aromatic carbocycles. The molecule has 8 heteroatoms. The molecule has 1 fully saturated rings. The molecule has 1 aliphatic heterocycles. The van der Waals surface area contributed by atoms with Gasteiger partial charge >= 0.3 is 0 Å². The van der Waals surface area contributed by atoms with Crippen LogP contribution in [0.3, 0.4) is 0 Å². The van der Waals surface area contributed by atoms with Crippen molar-refractivity contribution in [2.45, 2.75) is 31.6 Å². The van der Waals surface area contributed by atoms with Crippen LogP contribution in [0.1, 0.15) is 35.9 Å². The van der Waals surface area contributed by atoms with Crippen LogP contribution in [0.4, 0.5) is 5.82 Å². The lowest BCUT2D eigenvalue weighted by molar-refractivity contribution is 0.102. The van der Waals surface area contributed by atoms with E-state index < -0.39 is 15.9 Å². The third kappa shape index (κ3) is 3.91. The van der Waals surface area contributed by atoms with Gasteiger partial charge in [0.2, 0.25) is 10.0 Å². The van der Waals surface area contributed by atoms with E-state index in [1.807, 2.05) is 6.92 Å². The van der Waals surface area contributed by atoms with Gasteiger partial charge in [-0.15, -0.1) is 0 Å². The van der Waals surface area contributed by atoms with Crippen molar-refractivity contribution in [2.24, 2.45) is 5.92 Å². The first-order valence-corrected chi connectivity index (χ1v) is 9.65. The van der Waals surface area contributed by atoms with Crippen LogP contribution >= 0.6 is 0 Å². The van der Waals surface area contributed by atoms with Crippen LogP contribution in [-0.2, 0) is 10.0 Å². The lowest BCUT2D eigenvalue weighted by Crippen LogP contribution is -2.39. The number of hydrogen-bond acceptors (Lipinski definition) is 5. The van der Waals surface area contributed by atoms with Crippen molar-refractivity contribution in [1.29, 1.82) is 0 Å². The van der Waals surface area contributed by atoms with Crippen LogP contribution in [-0.4, -0.2) is 36.9 Å². The molecule has 0 radical (unpaired) electrons. The normalized spacial score (nSPS) is 18.9. The minimum Gasteiger partial charge on any atom is -0.360 e. The number of amides is 1. The molecular weight excluding hydrogens is 342 g/mol. The molecule has 25 heavy (non-hydrogen) atoms. The van der Waals surface area contributed by atoms with E-state index in [1.54, 1.807) is 25.1 Å². The van der Waals surface area contributed by atoms with E-state index >= 15 is 0 Å². The molecule has 2 aromatic rings. The van der Waals surface area contributed by atoms with Gasteiger partial charge in [0.15, 0.2) is 5.82 Å². The van der Waals surface area contributed by atoms with Gasteiger partial charge < -0.3 is 9.84 Å². The Hall–Kier alpha value is -2.19. The number of nitrogens with zero attached hydrogens (tertiary/aromatic N) is 2. The maximum Gasteiger partial charge on any atom is 0.256 e. The molecule has 1 atom stereocenters. The molecule has 1 aromatic heterocycles. The predicted molar refractivity (Wildman–Crippen MR) is 92.8 cm³/mol. The summed E-state index contributed by atoms with van der Waals surface area (Å²) in [5.41, 5.74) is 0.256. The number of carbonyl (C=O) groups is 1. The fourth-order valence-corrected chi connectivity index (χ4v) is 4.57. The number of sulfonamides is 1. The maximum absolute atomic E-state index is 12.8. The third-order valence-electron chi connectivity index (χ3n) is 4.22. The molecule has 2 heterocycles. The van der Waals surface area contributed by atoms with Crippen LogP contribution < -0.4 is 5.32 Å². The average molecular weight is 363 g/mol. The van der Waals surface area contributed by atoms with Gasteiger partial charge in [-0.05, 0) is 43.9 Å². The molecule has 134 valence electrons. The monoisotopic (exact) mass is 363 g/mol. The molecule has 3 rings (SSSR count). The quantitative estimate of drug-likeness (QED) is 0.901. The number of aryl methyl sites for hydroxylation is 1. The summed E-state index contributed by atoms with van der Waals surface area (Å²) in [5, 5.41) is 6.29. The Balaban J connectivity index is 1.82. The topological polar surface area (TPSA) is 92.5 Å². The first kappa shape index (κ1) is 17.6. The summed E-state index contributed by atoms with van der Waals surface area (Å²) in [7, 11) is -3.60. The fraction of sp³-hybridized carbons (Fsp3) is 0.412.